The van der Waals surface area contributed by atoms with Gasteiger partial charge < -0.3 is 94.4 Å². The second kappa shape index (κ2) is 59.8. The molecule has 0 saturated carbocycles. The number of imide groups is 1. The number of nitrogens with one attached hydrogen (secondary N) is 13. The van der Waals surface area contributed by atoms with Crippen LogP contribution in [0, 0.1) is 0 Å². The number of urea groups is 2. The number of unbranched alkanes of at least 4 members (excludes halogenated alkanes) is 10. The van der Waals surface area contributed by atoms with E-state index in [4.69, 9.17) is 10.2 Å². The highest BCUT2D eigenvalue weighted by Gasteiger charge is 2.32. The van der Waals surface area contributed by atoms with E-state index in [9.17, 15) is 107 Å². The number of amides is 14. The van der Waals surface area contributed by atoms with Crippen molar-refractivity contribution in [2.75, 3.05) is 26.2 Å². The van der Waals surface area contributed by atoms with Gasteiger partial charge in [0.2, 0.25) is 59.1 Å². The summed E-state index contributed by atoms with van der Waals surface area (Å²) in [5.74, 6) is -13.3. The SMILES string of the molecule is O=C(O)CCC(NC(=O)NC(CCCCNC(=O)CCCCCCCNC(=O)C(Cc1ccccc1)NC(=O)C(Cc1ccccc1)NC(=O)CCCC(=O)NC(=O)CCCC(=O)NC(Cc1ccccc1)C(=O)NC(Cc1ccccc1)C(=O)NCCCCCCCC(=O)NCCCCC(NC(=O)NC(CCC(=O)O)C(=O)O)C(=O)O)C(=O)O)C(=O)O. The van der Waals surface area contributed by atoms with Gasteiger partial charge in [-0.2, -0.15) is 0 Å². The van der Waals surface area contributed by atoms with Crippen LogP contribution in [-0.4, -0.2) is 212 Å². The van der Waals surface area contributed by atoms with Crippen LogP contribution < -0.4 is 69.1 Å². The Bertz CT molecular complexity index is 3800. The molecule has 0 aliphatic carbocycles. The minimum Gasteiger partial charge on any atom is -0.481 e. The van der Waals surface area contributed by atoms with Gasteiger partial charge in [0.1, 0.15) is 48.3 Å². The molecule has 123 heavy (non-hydrogen) atoms. The van der Waals surface area contributed by atoms with Gasteiger partial charge in [0.25, 0.3) is 0 Å². The van der Waals surface area contributed by atoms with Crippen LogP contribution in [0.4, 0.5) is 9.59 Å². The maximum absolute atomic E-state index is 14.2. The quantitative estimate of drug-likeness (QED) is 0.0270. The second-order valence-corrected chi connectivity index (χ2v) is 29.8. The van der Waals surface area contributed by atoms with Gasteiger partial charge in [-0.3, -0.25) is 62.9 Å². The first kappa shape index (κ1) is 102. The minimum atomic E-state index is -1.54. The molecule has 4 aromatic carbocycles. The van der Waals surface area contributed by atoms with Crippen LogP contribution in [0.15, 0.2) is 121 Å². The van der Waals surface area contributed by atoms with Crippen molar-refractivity contribution in [1.29, 1.82) is 0 Å². The number of hydrogen-bond acceptors (Lipinski definition) is 18. The van der Waals surface area contributed by atoms with Gasteiger partial charge in [-0.1, -0.05) is 160 Å². The van der Waals surface area contributed by atoms with Crippen molar-refractivity contribution in [1.82, 2.24) is 69.1 Å². The zero-order valence-electron chi connectivity index (χ0n) is 69.2. The van der Waals surface area contributed by atoms with E-state index >= 15 is 0 Å². The Balaban J connectivity index is 1.18. The van der Waals surface area contributed by atoms with Crippen LogP contribution >= 0.6 is 0 Å². The van der Waals surface area contributed by atoms with Crippen molar-refractivity contribution in [3.63, 3.8) is 0 Å². The Morgan fingerprint density at radius 3 is 0.772 bits per heavy atom. The van der Waals surface area contributed by atoms with Crippen LogP contribution in [0.1, 0.15) is 202 Å². The second-order valence-electron chi connectivity index (χ2n) is 29.8. The van der Waals surface area contributed by atoms with E-state index in [0.29, 0.717) is 88.2 Å². The first-order valence-corrected chi connectivity index (χ1v) is 41.7. The molecule has 4 rings (SSSR count). The number of aliphatic carboxylic acids is 6. The lowest BCUT2D eigenvalue weighted by Gasteiger charge is -2.24. The molecule has 0 aromatic heterocycles. The fourth-order valence-corrected chi connectivity index (χ4v) is 12.8. The Kier molecular flexibility index (Phi) is 49.8. The van der Waals surface area contributed by atoms with Crippen LogP contribution in [0.5, 0.6) is 0 Å². The molecule has 8 atom stereocenters. The third-order valence-electron chi connectivity index (χ3n) is 19.5. The number of carboxylic acid groups (broad SMARTS) is 6. The average Bonchev–Trinajstić information content (AvgIpc) is 0.864. The molecule has 0 spiro atoms. The van der Waals surface area contributed by atoms with Crippen molar-refractivity contribution >= 4 is 107 Å². The Morgan fingerprint density at radius 2 is 0.472 bits per heavy atom. The molecular weight excluding hydrogens is 1600 g/mol. The smallest absolute Gasteiger partial charge is 0.326 e. The van der Waals surface area contributed by atoms with Crippen LogP contribution in [-0.2, 0) is 102 Å². The topological polar surface area (TPSA) is 585 Å². The summed E-state index contributed by atoms with van der Waals surface area (Å²) in [6, 6.07) is 23.5. The predicted octanol–water partition coefficient (Wildman–Crippen LogP) is 4.51. The van der Waals surface area contributed by atoms with Gasteiger partial charge in [-0.15, -0.1) is 0 Å². The van der Waals surface area contributed by atoms with E-state index < -0.39 is 169 Å². The molecule has 8 unspecified atom stereocenters. The first-order chi connectivity index (χ1) is 58.9. The summed E-state index contributed by atoms with van der Waals surface area (Å²) in [4.78, 5) is 227. The van der Waals surface area contributed by atoms with Gasteiger partial charge in [0.15, 0.2) is 0 Å². The molecule has 37 nitrogen and oxygen atoms in total. The van der Waals surface area contributed by atoms with Crippen molar-refractivity contribution in [2.24, 2.45) is 0 Å². The Morgan fingerprint density at radius 1 is 0.220 bits per heavy atom. The summed E-state index contributed by atoms with van der Waals surface area (Å²) in [6.45, 7) is 1.05. The number of benzene rings is 4. The summed E-state index contributed by atoms with van der Waals surface area (Å²) in [7, 11) is 0. The third-order valence-corrected chi connectivity index (χ3v) is 19.5. The van der Waals surface area contributed by atoms with E-state index in [1.165, 1.54) is 0 Å². The number of carbonyl (C=O) groups is 18. The molecule has 0 bridgehead atoms. The van der Waals surface area contributed by atoms with Gasteiger partial charge in [-0.05, 0) is 112 Å². The van der Waals surface area contributed by atoms with Gasteiger partial charge in [0.05, 0.1) is 0 Å². The number of hydrogen-bond donors (Lipinski definition) is 19. The molecular formula is C86H119N13O24. The summed E-state index contributed by atoms with van der Waals surface area (Å²) < 4.78 is 0. The Hall–Kier alpha value is -12.9. The summed E-state index contributed by atoms with van der Waals surface area (Å²) in [5.41, 5.74) is 2.93. The molecule has 0 heterocycles. The van der Waals surface area contributed by atoms with E-state index in [0.717, 1.165) is 24.0 Å². The molecule has 37 heteroatoms. The minimum absolute atomic E-state index is 0.0194. The molecule has 0 aliphatic rings. The molecule has 672 valence electrons. The van der Waals surface area contributed by atoms with Crippen LogP contribution in [0.25, 0.3) is 0 Å². The zero-order valence-corrected chi connectivity index (χ0v) is 69.2. The number of carboxylic acids is 6. The Labute approximate surface area is 713 Å². The highest BCUT2D eigenvalue weighted by atomic mass is 16.4. The van der Waals surface area contributed by atoms with Crippen molar-refractivity contribution in [2.45, 2.75) is 254 Å². The molecule has 0 saturated heterocycles. The van der Waals surface area contributed by atoms with E-state index in [1.807, 2.05) is 36.4 Å². The number of carbonyl (C=O) groups excluding carboxylic acids is 12. The van der Waals surface area contributed by atoms with Crippen molar-refractivity contribution in [3.8, 4) is 0 Å². The summed E-state index contributed by atoms with van der Waals surface area (Å²) in [5, 5.41) is 88.7. The summed E-state index contributed by atoms with van der Waals surface area (Å²) in [6.07, 6.45) is 5.99. The standard InChI is InChI=1S/C86H119N13O24/c100-69(87-49-25-21-37-61(81(114)115)95-85(122)97-63(83(118)119)45-47-75(106)107)39-19-3-1-5-23-51-89-77(110)65(53-57-29-11-7-12-30-57)93-79(112)67(55-59-33-15-9-16-34-59)91-71(102)41-27-43-73(104)99-74(105)44-28-42-72(103)92-68(56-60-35-17-10-18-36-60)80(113)94-66(54-58-31-13-8-14-32-58)78(111)90-52-24-6-2-4-20-40-70(101)88-50-26-22-38-62(82(116)117)96-86(123)98-64(84(120)121)46-48-76(108)109/h7-18,29-36,61-68H,1-6,19-28,37-56H2,(H,87,100)(H,88,101)(H,89,110)(H,90,111)(H,91,102)(H,92,103)(H,93,112)(H,94,113)(H,106,107)(H,108,109)(H,114,115)(H,116,117)(H,118,119)(H,120,121)(H2,95,97,122)(H2,96,98,123)(H,99,104,105). The fourth-order valence-electron chi connectivity index (χ4n) is 12.8. The molecule has 14 amide bonds. The average molecular weight is 1720 g/mol. The fraction of sp³-hybridized carbons (Fsp3) is 0.512. The molecule has 0 radical (unpaired) electrons. The number of rotatable bonds is 64. The molecule has 4 aromatic rings. The molecule has 19 N–H and O–H groups in total. The third kappa shape index (κ3) is 47.1. The molecule has 0 fully saturated rings. The van der Waals surface area contributed by atoms with Gasteiger partial charge in [-0.25, -0.2) is 28.8 Å². The van der Waals surface area contributed by atoms with Crippen LogP contribution in [0.3, 0.4) is 0 Å². The highest BCUT2D eigenvalue weighted by Crippen LogP contribution is 2.15. The van der Waals surface area contributed by atoms with E-state index in [1.54, 1.807) is 84.9 Å². The predicted molar refractivity (Wildman–Crippen MR) is 447 cm³/mol. The lowest BCUT2D eigenvalue weighted by molar-refractivity contribution is -0.142. The maximum atomic E-state index is 14.2. The lowest BCUT2D eigenvalue weighted by atomic mass is 10.0. The molecule has 0 aliphatic heterocycles. The van der Waals surface area contributed by atoms with Crippen molar-refractivity contribution in [3.05, 3.63) is 144 Å². The zero-order chi connectivity index (χ0) is 90.1. The monoisotopic (exact) mass is 1720 g/mol. The van der Waals surface area contributed by atoms with Crippen LogP contribution in [0.2, 0.25) is 0 Å². The van der Waals surface area contributed by atoms with E-state index in [2.05, 4.69) is 69.1 Å². The maximum Gasteiger partial charge on any atom is 0.326 e. The highest BCUT2D eigenvalue weighted by molar-refractivity contribution is 5.97. The normalized spacial score (nSPS) is 12.8. The largest absolute Gasteiger partial charge is 0.481 e. The summed E-state index contributed by atoms with van der Waals surface area (Å²) >= 11 is 0. The van der Waals surface area contributed by atoms with E-state index in [-0.39, 0.29) is 128 Å². The van der Waals surface area contributed by atoms with Gasteiger partial charge >= 0.3 is 47.9 Å². The first-order valence-electron chi connectivity index (χ1n) is 41.7. The lowest BCUT2D eigenvalue weighted by Crippen LogP contribution is -2.55. The van der Waals surface area contributed by atoms with Crippen molar-refractivity contribution < 1.29 is 117 Å². The van der Waals surface area contributed by atoms with Gasteiger partial charge in [0, 0.05) is 103 Å².